The molecular weight excluding hydrogens is 264 g/mol. The molecule has 0 fully saturated rings. The fourth-order valence-corrected chi connectivity index (χ4v) is 2.03. The van der Waals surface area contributed by atoms with Gasteiger partial charge in [0, 0.05) is 10.2 Å². The number of hydrogen-bond acceptors (Lipinski definition) is 2. The summed E-state index contributed by atoms with van der Waals surface area (Å²) in [5, 5.41) is 0. The normalized spacial score (nSPS) is 14.8. The first-order chi connectivity index (χ1) is 6.44. The van der Waals surface area contributed by atoms with E-state index in [1.165, 1.54) is 0 Å². The molecule has 14 heavy (non-hydrogen) atoms. The number of nitrogens with one attached hydrogen (secondary N) is 2. The largest absolute Gasteiger partial charge is 0.299 e. The minimum Gasteiger partial charge on any atom is -0.299 e. The zero-order chi connectivity index (χ0) is 10.8. The Morgan fingerprint density at radius 2 is 2.21 bits per heavy atom. The highest BCUT2D eigenvalue weighted by molar-refractivity contribution is 9.10. The van der Waals surface area contributed by atoms with Crippen LogP contribution in [0.15, 0.2) is 22.7 Å². The van der Waals surface area contributed by atoms with Gasteiger partial charge in [0.2, 0.25) is 0 Å². The van der Waals surface area contributed by atoms with Crippen LogP contribution in [0, 0.1) is 11.7 Å². The molecule has 0 heterocycles. The van der Waals surface area contributed by atoms with Crippen molar-refractivity contribution >= 4 is 31.5 Å². The van der Waals surface area contributed by atoms with Crippen LogP contribution in [0.2, 0.25) is 0 Å². The summed E-state index contributed by atoms with van der Waals surface area (Å²) in [4.78, 5) is 0. The van der Waals surface area contributed by atoms with E-state index in [0.29, 0.717) is 5.75 Å². The molecule has 0 aliphatic heterocycles. The zero-order valence-electron chi connectivity index (χ0n) is 8.13. The monoisotopic (exact) mass is 276 g/mol. The molecule has 5 heteroatoms. The molecule has 1 aromatic carbocycles. The second-order valence-electron chi connectivity index (χ2n) is 3.03. The molecule has 0 aromatic heterocycles. The zero-order valence-corrected chi connectivity index (χ0v) is 10.5. The van der Waals surface area contributed by atoms with Crippen molar-refractivity contribution in [2.24, 2.45) is 0 Å². The maximum atomic E-state index is 11.5. The van der Waals surface area contributed by atoms with Gasteiger partial charge in [0.25, 0.3) is 0 Å². The van der Waals surface area contributed by atoms with Crippen LogP contribution in [0.1, 0.15) is 12.5 Å². The Morgan fingerprint density at radius 1 is 1.57 bits per heavy atom. The van der Waals surface area contributed by atoms with Gasteiger partial charge in [0.15, 0.2) is 0 Å². The van der Waals surface area contributed by atoms with Gasteiger partial charge in [-0.3, -0.25) is 4.72 Å². The van der Waals surface area contributed by atoms with Gasteiger partial charge in [-0.1, -0.05) is 28.9 Å². The summed E-state index contributed by atoms with van der Waals surface area (Å²) >= 11 is 3.33. The van der Waals surface area contributed by atoms with Crippen molar-refractivity contribution in [2.75, 3.05) is 10.5 Å². The third-order valence-electron chi connectivity index (χ3n) is 1.88. The van der Waals surface area contributed by atoms with Crippen molar-refractivity contribution in [3.05, 3.63) is 28.2 Å². The Morgan fingerprint density at radius 3 is 2.79 bits per heavy atom. The molecule has 1 rings (SSSR count). The van der Waals surface area contributed by atoms with E-state index in [0.717, 1.165) is 15.7 Å². The van der Waals surface area contributed by atoms with Crippen LogP contribution in [0.4, 0.5) is 5.69 Å². The highest BCUT2D eigenvalue weighted by atomic mass is 79.9. The van der Waals surface area contributed by atoms with E-state index in [4.69, 9.17) is 4.78 Å². The number of hydrogen-bond donors (Lipinski definition) is 2. The van der Waals surface area contributed by atoms with Crippen LogP contribution in [0.3, 0.4) is 0 Å². The third kappa shape index (κ3) is 2.99. The van der Waals surface area contributed by atoms with Gasteiger partial charge in [0.1, 0.15) is 9.92 Å². The lowest BCUT2D eigenvalue weighted by atomic mass is 10.2. The van der Waals surface area contributed by atoms with Crippen LogP contribution in [0.5, 0.6) is 0 Å². The molecule has 3 nitrogen and oxygen atoms in total. The van der Waals surface area contributed by atoms with E-state index in [2.05, 4.69) is 20.7 Å². The van der Waals surface area contributed by atoms with Crippen LogP contribution >= 0.6 is 15.9 Å². The Hall–Kier alpha value is -0.550. The summed E-state index contributed by atoms with van der Waals surface area (Å²) in [6.07, 6.45) is 0. The Kier molecular flexibility index (Phi) is 3.55. The lowest BCUT2D eigenvalue weighted by Gasteiger charge is -2.11. The average molecular weight is 277 g/mol. The molecule has 0 saturated carbocycles. The molecule has 1 unspecified atom stereocenters. The van der Waals surface area contributed by atoms with Gasteiger partial charge in [-0.25, -0.2) is 8.99 Å². The predicted molar refractivity (Wildman–Crippen MR) is 63.9 cm³/mol. The van der Waals surface area contributed by atoms with Gasteiger partial charge in [-0.05, 0) is 24.6 Å². The molecule has 0 aliphatic rings. The van der Waals surface area contributed by atoms with Crippen molar-refractivity contribution in [3.8, 4) is 0 Å². The first-order valence-corrected chi connectivity index (χ1v) is 6.77. The summed E-state index contributed by atoms with van der Waals surface area (Å²) in [5.41, 5.74) is 1.74. The van der Waals surface area contributed by atoms with E-state index in [1.54, 1.807) is 6.92 Å². The highest BCUT2D eigenvalue weighted by Gasteiger charge is 2.05. The van der Waals surface area contributed by atoms with Crippen molar-refractivity contribution in [1.29, 1.82) is 4.78 Å². The van der Waals surface area contributed by atoms with E-state index < -0.39 is 9.92 Å². The van der Waals surface area contributed by atoms with Crippen molar-refractivity contribution in [1.82, 2.24) is 0 Å². The van der Waals surface area contributed by atoms with Gasteiger partial charge >= 0.3 is 0 Å². The smallest absolute Gasteiger partial charge is 0.126 e. The van der Waals surface area contributed by atoms with Gasteiger partial charge in [0.05, 0.1) is 5.69 Å². The molecule has 0 aliphatic carbocycles. The average Bonchev–Trinajstić information content (AvgIpc) is 2.11. The number of aryl methyl sites for hydroxylation is 1. The molecule has 1 aromatic rings. The molecule has 1 atom stereocenters. The summed E-state index contributed by atoms with van der Waals surface area (Å²) in [6, 6.07) is 5.66. The fourth-order valence-electron chi connectivity index (χ4n) is 0.954. The van der Waals surface area contributed by atoms with Gasteiger partial charge in [-0.2, -0.15) is 0 Å². The third-order valence-corrected chi connectivity index (χ3v) is 3.74. The second kappa shape index (κ2) is 4.31. The standard InChI is InChI=1S/C9H13BrN2OS/c1-3-14(11,13)12-9-6-8(10)5-4-7(9)2/h4-6H,3H2,1-2H3,(H2,11,12,13). The summed E-state index contributed by atoms with van der Waals surface area (Å²) in [6.45, 7) is 3.65. The molecule has 0 amide bonds. The van der Waals surface area contributed by atoms with Gasteiger partial charge < -0.3 is 0 Å². The van der Waals surface area contributed by atoms with E-state index >= 15 is 0 Å². The Bertz CT molecular complexity index is 428. The van der Waals surface area contributed by atoms with Crippen LogP contribution in [0.25, 0.3) is 0 Å². The van der Waals surface area contributed by atoms with E-state index in [1.807, 2.05) is 25.1 Å². The van der Waals surface area contributed by atoms with Crippen molar-refractivity contribution < 1.29 is 4.21 Å². The van der Waals surface area contributed by atoms with Crippen LogP contribution in [-0.4, -0.2) is 9.96 Å². The summed E-state index contributed by atoms with van der Waals surface area (Å²) in [5.74, 6) is 0.305. The molecule has 0 bridgehead atoms. The van der Waals surface area contributed by atoms with Crippen LogP contribution in [-0.2, 0) is 9.92 Å². The minimum absolute atomic E-state index is 0.305. The van der Waals surface area contributed by atoms with Crippen molar-refractivity contribution in [2.45, 2.75) is 13.8 Å². The van der Waals surface area contributed by atoms with Crippen molar-refractivity contribution in [3.63, 3.8) is 0 Å². The highest BCUT2D eigenvalue weighted by Crippen LogP contribution is 2.21. The SMILES string of the molecule is CCS(=N)(=O)Nc1cc(Br)ccc1C. The quantitative estimate of drug-likeness (QED) is 0.876. The maximum Gasteiger partial charge on any atom is 0.126 e. The molecular formula is C9H13BrN2OS. The van der Waals surface area contributed by atoms with Gasteiger partial charge in [-0.15, -0.1) is 0 Å². The first-order valence-electron chi connectivity index (χ1n) is 4.25. The number of rotatable bonds is 3. The topological polar surface area (TPSA) is 53.0 Å². The lowest BCUT2D eigenvalue weighted by molar-refractivity contribution is 0.679. The molecule has 2 N–H and O–H groups in total. The first kappa shape index (κ1) is 11.5. The predicted octanol–water partition coefficient (Wildman–Crippen LogP) is 3.15. The van der Waals surface area contributed by atoms with Crippen LogP contribution < -0.4 is 4.72 Å². The minimum atomic E-state index is -2.68. The summed E-state index contributed by atoms with van der Waals surface area (Å²) < 4.78 is 22.7. The Balaban J connectivity index is 3.03. The maximum absolute atomic E-state index is 11.5. The van der Waals surface area contributed by atoms with E-state index in [9.17, 15) is 4.21 Å². The molecule has 0 radical (unpaired) electrons. The fraction of sp³-hybridized carbons (Fsp3) is 0.333. The number of anilines is 1. The molecule has 0 saturated heterocycles. The number of halogens is 1. The number of benzene rings is 1. The molecule has 78 valence electrons. The Labute approximate surface area is 93.1 Å². The molecule has 0 spiro atoms. The second-order valence-corrected chi connectivity index (χ2v) is 6.07. The summed E-state index contributed by atoms with van der Waals surface area (Å²) in [7, 11) is -2.68. The van der Waals surface area contributed by atoms with E-state index in [-0.39, 0.29) is 0 Å². The lowest BCUT2D eigenvalue weighted by Crippen LogP contribution is -2.13.